The summed E-state index contributed by atoms with van der Waals surface area (Å²) in [6, 6.07) is 5.40. The number of anilines is 2. The first kappa shape index (κ1) is 24.8. The first-order chi connectivity index (χ1) is 19.2. The Bertz CT molecular complexity index is 1930. The van der Waals surface area contributed by atoms with Crippen LogP contribution in [0.1, 0.15) is 10.4 Å². The predicted molar refractivity (Wildman–Crippen MR) is 153 cm³/mol. The van der Waals surface area contributed by atoms with E-state index in [4.69, 9.17) is 21.3 Å². The van der Waals surface area contributed by atoms with Gasteiger partial charge in [0.2, 0.25) is 5.43 Å². The van der Waals surface area contributed by atoms with Gasteiger partial charge in [-0.25, -0.2) is 14.8 Å². The predicted octanol–water partition coefficient (Wildman–Crippen LogP) is 3.22. The molecule has 4 N–H and O–H groups in total. The minimum atomic E-state index is -1.30. The summed E-state index contributed by atoms with van der Waals surface area (Å²) in [4.78, 5) is 39.8. The van der Waals surface area contributed by atoms with Crippen LogP contribution in [0.25, 0.3) is 44.1 Å². The van der Waals surface area contributed by atoms with Crippen molar-refractivity contribution in [3.8, 4) is 11.1 Å². The monoisotopic (exact) mass is 560 g/mol. The molecule has 12 heteroatoms. The molecule has 5 aromatic rings. The number of aromatic amines is 1. The van der Waals surface area contributed by atoms with Crippen LogP contribution in [0.2, 0.25) is 5.02 Å². The first-order valence-corrected chi connectivity index (χ1v) is 13.2. The van der Waals surface area contributed by atoms with Crippen LogP contribution in [-0.2, 0) is 11.8 Å². The number of carbonyl (C=O) groups is 1. The molecular weight excluding hydrogens is 536 g/mol. The van der Waals surface area contributed by atoms with Gasteiger partial charge in [-0.2, -0.15) is 0 Å². The van der Waals surface area contributed by atoms with Crippen LogP contribution in [0, 0.1) is 5.92 Å². The Hall–Kier alpha value is -4.19. The molecule has 0 bridgehead atoms. The zero-order valence-electron chi connectivity index (χ0n) is 21.6. The lowest BCUT2D eigenvalue weighted by Gasteiger charge is -2.24. The number of aromatic nitrogens is 4. The van der Waals surface area contributed by atoms with Crippen LogP contribution in [-0.4, -0.2) is 74.7 Å². The molecule has 7 rings (SSSR count). The average molecular weight is 561 g/mol. The Morgan fingerprint density at radius 3 is 2.77 bits per heavy atom. The summed E-state index contributed by atoms with van der Waals surface area (Å²) in [5.41, 5.74) is 3.94. The second kappa shape index (κ2) is 8.91. The topological polar surface area (TPSA) is 146 Å². The fourth-order valence-electron chi connectivity index (χ4n) is 6.18. The van der Waals surface area contributed by atoms with E-state index in [0.29, 0.717) is 47.1 Å². The normalized spacial score (nSPS) is 20.6. The highest BCUT2D eigenvalue weighted by molar-refractivity contribution is 6.33. The van der Waals surface area contributed by atoms with E-state index >= 15 is 0 Å². The molecule has 40 heavy (non-hydrogen) atoms. The number of aliphatic hydroxyl groups is 1. The fraction of sp³-hybridized carbons (Fsp3) is 0.286. The molecule has 2 aliphatic heterocycles. The van der Waals surface area contributed by atoms with Crippen LogP contribution >= 0.6 is 11.6 Å². The number of nitrogens with one attached hydrogen (secondary N) is 2. The molecule has 3 atom stereocenters. The minimum absolute atomic E-state index is 0.0436. The highest BCUT2D eigenvalue weighted by Gasteiger charge is 2.44. The van der Waals surface area contributed by atoms with Gasteiger partial charge < -0.3 is 34.7 Å². The van der Waals surface area contributed by atoms with Gasteiger partial charge in [0.25, 0.3) is 0 Å². The highest BCUT2D eigenvalue weighted by atomic mass is 35.5. The number of hydrogen-bond acceptors (Lipinski definition) is 8. The molecule has 0 spiro atoms. The molecule has 2 fully saturated rings. The molecular formula is C28H25ClN6O5. The number of nitrogens with zero attached hydrogens (tertiary/aromatic N) is 4. The maximum absolute atomic E-state index is 13.1. The van der Waals surface area contributed by atoms with Crippen molar-refractivity contribution in [1.29, 1.82) is 0 Å². The number of aliphatic hydroxyl groups excluding tert-OH is 1. The second-order valence-electron chi connectivity index (χ2n) is 10.4. The Morgan fingerprint density at radius 1 is 1.20 bits per heavy atom. The molecule has 2 aliphatic rings. The van der Waals surface area contributed by atoms with Gasteiger partial charge in [0.1, 0.15) is 16.9 Å². The number of aryl methyl sites for hydroxylation is 1. The number of pyridine rings is 3. The number of carboxylic acids is 1. The molecule has 6 heterocycles. The molecule has 1 aromatic carbocycles. The third-order valence-electron chi connectivity index (χ3n) is 8.09. The molecule has 2 saturated heterocycles. The summed E-state index contributed by atoms with van der Waals surface area (Å²) in [5, 5.41) is 25.8. The Kier molecular flexibility index (Phi) is 5.53. The molecule has 2 unspecified atom stereocenters. The van der Waals surface area contributed by atoms with E-state index in [-0.39, 0.29) is 23.0 Å². The number of aromatic carboxylic acids is 1. The van der Waals surface area contributed by atoms with Gasteiger partial charge in [-0.15, -0.1) is 0 Å². The number of rotatable bonds is 4. The zero-order valence-corrected chi connectivity index (χ0v) is 22.4. The number of hydrogen-bond donors (Lipinski definition) is 4. The van der Waals surface area contributed by atoms with E-state index in [1.807, 2.05) is 19.2 Å². The van der Waals surface area contributed by atoms with Crippen LogP contribution < -0.4 is 15.6 Å². The number of fused-ring (bicyclic) bond motifs is 5. The van der Waals surface area contributed by atoms with Crippen molar-refractivity contribution >= 4 is 61.9 Å². The second-order valence-corrected chi connectivity index (χ2v) is 10.8. The molecule has 204 valence electrons. The summed E-state index contributed by atoms with van der Waals surface area (Å²) in [6.07, 6.45) is 4.00. The first-order valence-electron chi connectivity index (χ1n) is 12.8. The van der Waals surface area contributed by atoms with Crippen molar-refractivity contribution in [2.45, 2.75) is 12.2 Å². The number of benzene rings is 1. The Balaban J connectivity index is 1.53. The average Bonchev–Trinajstić information content (AvgIpc) is 3.63. The number of H-pyrrole nitrogens is 1. The third-order valence-corrected chi connectivity index (χ3v) is 8.31. The fourth-order valence-corrected chi connectivity index (χ4v) is 6.40. The largest absolute Gasteiger partial charge is 0.477 e. The maximum Gasteiger partial charge on any atom is 0.341 e. The van der Waals surface area contributed by atoms with Crippen molar-refractivity contribution < 1.29 is 19.7 Å². The third kappa shape index (κ3) is 3.58. The summed E-state index contributed by atoms with van der Waals surface area (Å²) in [7, 11) is 3.48. The lowest BCUT2D eigenvalue weighted by atomic mass is 10.0. The molecule has 0 aliphatic carbocycles. The van der Waals surface area contributed by atoms with Crippen LogP contribution in [0.4, 0.5) is 11.4 Å². The van der Waals surface area contributed by atoms with Gasteiger partial charge in [-0.1, -0.05) is 11.6 Å². The SMILES string of the molecule is CNc1cc(Cl)cc2c1[nH]c1ncc(-c3cnc4c(c3)c(=O)c(C(=O)O)cn4C)c(N3CC4C(O)CO[C@@H]4C3)c12. The van der Waals surface area contributed by atoms with Gasteiger partial charge in [0.15, 0.2) is 0 Å². The van der Waals surface area contributed by atoms with Crippen molar-refractivity contribution in [2.75, 3.05) is 37.0 Å². The minimum Gasteiger partial charge on any atom is -0.477 e. The van der Waals surface area contributed by atoms with Gasteiger partial charge in [-0.3, -0.25) is 4.79 Å². The van der Waals surface area contributed by atoms with Gasteiger partial charge >= 0.3 is 5.97 Å². The van der Waals surface area contributed by atoms with Crippen LogP contribution in [0.15, 0.2) is 41.6 Å². The quantitative estimate of drug-likeness (QED) is 0.260. The summed E-state index contributed by atoms with van der Waals surface area (Å²) in [5.74, 6) is -1.34. The number of carboxylic acid groups (broad SMARTS) is 1. The summed E-state index contributed by atoms with van der Waals surface area (Å²) in [6.45, 7) is 1.45. The van der Waals surface area contributed by atoms with Crippen LogP contribution in [0.3, 0.4) is 0 Å². The number of ether oxygens (including phenoxy) is 1. The van der Waals surface area contributed by atoms with E-state index in [2.05, 4.69) is 20.2 Å². The lowest BCUT2D eigenvalue weighted by Crippen LogP contribution is -2.26. The van der Waals surface area contributed by atoms with Gasteiger partial charge in [-0.05, 0) is 18.2 Å². The molecule has 4 aromatic heterocycles. The van der Waals surface area contributed by atoms with Crippen molar-refractivity contribution in [3.05, 3.63) is 57.6 Å². The van der Waals surface area contributed by atoms with Gasteiger partial charge in [0, 0.05) is 73.2 Å². The smallest absolute Gasteiger partial charge is 0.341 e. The summed E-state index contributed by atoms with van der Waals surface area (Å²) < 4.78 is 7.42. The van der Waals surface area contributed by atoms with Crippen LogP contribution in [0.5, 0.6) is 0 Å². The van der Waals surface area contributed by atoms with E-state index in [9.17, 15) is 19.8 Å². The Morgan fingerprint density at radius 2 is 2.02 bits per heavy atom. The van der Waals surface area contributed by atoms with E-state index in [0.717, 1.165) is 27.7 Å². The number of halogens is 1. The van der Waals surface area contributed by atoms with Crippen molar-refractivity contribution in [3.63, 3.8) is 0 Å². The van der Waals surface area contributed by atoms with Crippen molar-refractivity contribution in [1.82, 2.24) is 19.5 Å². The van der Waals surface area contributed by atoms with Crippen molar-refractivity contribution in [2.24, 2.45) is 13.0 Å². The van der Waals surface area contributed by atoms with E-state index in [1.165, 1.54) is 10.8 Å². The Labute approximate surface area is 232 Å². The lowest BCUT2D eigenvalue weighted by molar-refractivity contribution is 0.0695. The highest BCUT2D eigenvalue weighted by Crippen LogP contribution is 2.45. The van der Waals surface area contributed by atoms with Gasteiger partial charge in [0.05, 0.1) is 46.5 Å². The molecule has 0 saturated carbocycles. The molecule has 0 amide bonds. The van der Waals surface area contributed by atoms with E-state index < -0.39 is 17.5 Å². The van der Waals surface area contributed by atoms with E-state index in [1.54, 1.807) is 25.5 Å². The zero-order chi connectivity index (χ0) is 27.9. The molecule has 11 nitrogen and oxygen atoms in total. The standard InChI is InChI=1S/C28H25ClN6O5/c1-30-19-5-13(29)4-14-22-24(35-9-17-20(36)11-40-21(17)10-35)16(7-31-26(22)33-23(14)19)12-3-15-25(37)18(28(38)39)8-34(2)27(15)32-6-12/h3-8,17,20-21,30,36H,9-11H2,1-2H3,(H,31,33)(H,38,39)/t17?,20?,21-/m1/s1. The summed E-state index contributed by atoms with van der Waals surface area (Å²) >= 11 is 6.53. The molecule has 0 radical (unpaired) electrons. The maximum atomic E-state index is 13.1.